The fourth-order valence-electron chi connectivity index (χ4n) is 1.64. The summed E-state index contributed by atoms with van der Waals surface area (Å²) in [4.78, 5) is 4.34. The summed E-state index contributed by atoms with van der Waals surface area (Å²) in [5.41, 5.74) is 0.988. The summed E-state index contributed by atoms with van der Waals surface area (Å²) < 4.78 is 0. The molecule has 0 aliphatic rings. The Morgan fingerprint density at radius 1 is 1.11 bits per heavy atom. The number of anilines is 1. The van der Waals surface area contributed by atoms with Crippen molar-refractivity contribution in [2.24, 2.45) is 0 Å². The zero-order chi connectivity index (χ0) is 13.4. The van der Waals surface area contributed by atoms with Gasteiger partial charge in [0.15, 0.2) is 5.82 Å². The fourth-order valence-corrected chi connectivity index (χ4v) is 1.64. The molecule has 0 amide bonds. The Bertz CT molecular complexity index is 323. The van der Waals surface area contributed by atoms with E-state index in [9.17, 15) is 0 Å². The van der Waals surface area contributed by atoms with E-state index < -0.39 is 0 Å². The first-order valence-corrected chi connectivity index (χ1v) is 6.52. The number of rotatable bonds is 8. The molecule has 5 heteroatoms. The van der Waals surface area contributed by atoms with Gasteiger partial charge in [-0.2, -0.15) is 5.10 Å². The van der Waals surface area contributed by atoms with E-state index in [2.05, 4.69) is 53.4 Å². The molecule has 5 nitrogen and oxygen atoms in total. The highest BCUT2D eigenvalue weighted by molar-refractivity contribution is 5.35. The lowest BCUT2D eigenvalue weighted by Crippen LogP contribution is -2.24. The Kier molecular flexibility index (Phi) is 6.60. The average Bonchev–Trinajstić information content (AvgIpc) is 2.36. The second-order valence-electron chi connectivity index (χ2n) is 4.74. The normalized spacial score (nSPS) is 10.9. The highest BCUT2D eigenvalue weighted by Crippen LogP contribution is 2.07. The molecule has 1 rings (SSSR count). The number of nitrogens with zero attached hydrogens (tertiary/aromatic N) is 4. The summed E-state index contributed by atoms with van der Waals surface area (Å²) in [6.07, 6.45) is 1.13. The molecule has 0 saturated carbocycles. The van der Waals surface area contributed by atoms with Crippen LogP contribution in [-0.2, 0) is 6.54 Å². The van der Waals surface area contributed by atoms with Gasteiger partial charge in [0.2, 0.25) is 0 Å². The van der Waals surface area contributed by atoms with Crippen molar-refractivity contribution >= 4 is 5.82 Å². The molecule has 1 N–H and O–H groups in total. The number of nitrogens with one attached hydrogen (secondary N) is 1. The van der Waals surface area contributed by atoms with Gasteiger partial charge in [-0.1, -0.05) is 6.92 Å². The summed E-state index contributed by atoms with van der Waals surface area (Å²) >= 11 is 0. The predicted molar refractivity (Wildman–Crippen MR) is 75.9 cm³/mol. The third-order valence-electron chi connectivity index (χ3n) is 2.75. The third kappa shape index (κ3) is 5.42. The van der Waals surface area contributed by atoms with Crippen LogP contribution < -0.4 is 10.2 Å². The molecule has 0 unspecified atom stereocenters. The van der Waals surface area contributed by atoms with Crippen LogP contribution in [0.3, 0.4) is 0 Å². The molecule has 0 fully saturated rings. The highest BCUT2D eigenvalue weighted by Gasteiger charge is 2.03. The van der Waals surface area contributed by atoms with Crippen LogP contribution in [0.2, 0.25) is 0 Å². The van der Waals surface area contributed by atoms with Crippen molar-refractivity contribution < 1.29 is 0 Å². The molecule has 1 aromatic rings. The van der Waals surface area contributed by atoms with Crippen molar-refractivity contribution in [1.82, 2.24) is 20.4 Å². The Hall–Kier alpha value is -1.20. The van der Waals surface area contributed by atoms with Crippen LogP contribution in [-0.4, -0.2) is 55.9 Å². The van der Waals surface area contributed by atoms with Crippen LogP contribution in [0.4, 0.5) is 5.82 Å². The van der Waals surface area contributed by atoms with E-state index >= 15 is 0 Å². The van der Waals surface area contributed by atoms with Crippen LogP contribution in [0.15, 0.2) is 12.1 Å². The summed E-state index contributed by atoms with van der Waals surface area (Å²) in [7, 11) is 6.24. The zero-order valence-electron chi connectivity index (χ0n) is 12.0. The van der Waals surface area contributed by atoms with E-state index in [1.54, 1.807) is 0 Å². The van der Waals surface area contributed by atoms with Crippen molar-refractivity contribution in [2.75, 3.05) is 45.7 Å². The molecule has 0 aliphatic carbocycles. The topological polar surface area (TPSA) is 44.3 Å². The maximum absolute atomic E-state index is 4.25. The molecular weight excluding hydrogens is 226 g/mol. The van der Waals surface area contributed by atoms with Crippen molar-refractivity contribution in [1.29, 1.82) is 0 Å². The van der Waals surface area contributed by atoms with Gasteiger partial charge in [0, 0.05) is 20.1 Å². The van der Waals surface area contributed by atoms with Crippen LogP contribution in [0.1, 0.15) is 19.0 Å². The first-order chi connectivity index (χ1) is 8.63. The fraction of sp³-hybridized carbons (Fsp3) is 0.692. The maximum atomic E-state index is 4.25. The van der Waals surface area contributed by atoms with E-state index in [1.165, 1.54) is 0 Å². The lowest BCUT2D eigenvalue weighted by Gasteiger charge is -2.18. The van der Waals surface area contributed by atoms with Crippen LogP contribution in [0.25, 0.3) is 0 Å². The first kappa shape index (κ1) is 14.9. The zero-order valence-corrected chi connectivity index (χ0v) is 12.0. The summed E-state index contributed by atoms with van der Waals surface area (Å²) in [6, 6.07) is 4.07. The minimum absolute atomic E-state index is 0.786. The van der Waals surface area contributed by atoms with Crippen molar-refractivity contribution in [3.8, 4) is 0 Å². The quantitative estimate of drug-likeness (QED) is 0.746. The lowest BCUT2D eigenvalue weighted by molar-refractivity contribution is 0.401. The van der Waals surface area contributed by atoms with Crippen molar-refractivity contribution in [3.63, 3.8) is 0 Å². The van der Waals surface area contributed by atoms with Crippen molar-refractivity contribution in [3.05, 3.63) is 17.8 Å². The molecule has 1 aromatic heterocycles. The van der Waals surface area contributed by atoms with Gasteiger partial charge < -0.3 is 15.1 Å². The molecule has 0 atom stereocenters. The third-order valence-corrected chi connectivity index (χ3v) is 2.75. The number of hydrogen-bond donors (Lipinski definition) is 1. The highest BCUT2D eigenvalue weighted by atomic mass is 15.2. The van der Waals surface area contributed by atoms with Crippen molar-refractivity contribution in [2.45, 2.75) is 19.9 Å². The van der Waals surface area contributed by atoms with E-state index in [1.807, 2.05) is 12.1 Å². The molecule has 0 saturated heterocycles. The molecule has 0 spiro atoms. The summed E-state index contributed by atoms with van der Waals surface area (Å²) in [5.74, 6) is 0.939. The lowest BCUT2D eigenvalue weighted by atomic mass is 10.3. The van der Waals surface area contributed by atoms with Crippen LogP contribution in [0.5, 0.6) is 0 Å². The largest absolute Gasteiger partial charge is 0.358 e. The number of aromatic nitrogens is 2. The molecule has 102 valence electrons. The van der Waals surface area contributed by atoms with Gasteiger partial charge in [-0.3, -0.25) is 0 Å². The molecule has 0 bridgehead atoms. The molecule has 18 heavy (non-hydrogen) atoms. The smallest absolute Gasteiger partial charge is 0.150 e. The predicted octanol–water partition coefficient (Wildman–Crippen LogP) is 0.974. The van der Waals surface area contributed by atoms with E-state index in [-0.39, 0.29) is 0 Å². The van der Waals surface area contributed by atoms with Gasteiger partial charge in [-0.05, 0) is 45.7 Å². The molecule has 0 radical (unpaired) electrons. The second kappa shape index (κ2) is 8.00. The Labute approximate surface area is 110 Å². The van der Waals surface area contributed by atoms with Gasteiger partial charge in [-0.15, -0.1) is 5.10 Å². The van der Waals surface area contributed by atoms with E-state index in [0.717, 1.165) is 44.1 Å². The summed E-state index contributed by atoms with van der Waals surface area (Å²) in [6.45, 7) is 5.91. The van der Waals surface area contributed by atoms with Gasteiger partial charge in [0.1, 0.15) is 0 Å². The first-order valence-electron chi connectivity index (χ1n) is 6.52. The maximum Gasteiger partial charge on any atom is 0.150 e. The monoisotopic (exact) mass is 251 g/mol. The Morgan fingerprint density at radius 2 is 1.89 bits per heavy atom. The molecule has 0 aromatic carbocycles. The van der Waals surface area contributed by atoms with E-state index in [0.29, 0.717) is 0 Å². The molecular formula is C13H25N5. The standard InChI is InChI=1S/C13H25N5/c1-5-14-11-12-7-8-13(16-15-12)18(4)10-6-9-17(2)3/h7-8,14H,5-6,9-11H2,1-4H3. The van der Waals surface area contributed by atoms with Gasteiger partial charge >= 0.3 is 0 Å². The van der Waals surface area contributed by atoms with Gasteiger partial charge in [-0.25, -0.2) is 0 Å². The van der Waals surface area contributed by atoms with Gasteiger partial charge in [0.25, 0.3) is 0 Å². The van der Waals surface area contributed by atoms with Crippen LogP contribution in [0, 0.1) is 0 Å². The molecule has 1 heterocycles. The Morgan fingerprint density at radius 3 is 2.44 bits per heavy atom. The average molecular weight is 251 g/mol. The second-order valence-corrected chi connectivity index (χ2v) is 4.74. The van der Waals surface area contributed by atoms with Crippen LogP contribution >= 0.6 is 0 Å². The Balaban J connectivity index is 2.40. The summed E-state index contributed by atoms with van der Waals surface area (Å²) in [5, 5.41) is 11.7. The van der Waals surface area contributed by atoms with E-state index in [4.69, 9.17) is 0 Å². The minimum atomic E-state index is 0.786. The number of hydrogen-bond acceptors (Lipinski definition) is 5. The van der Waals surface area contributed by atoms with Gasteiger partial charge in [0.05, 0.1) is 5.69 Å². The molecule has 0 aliphatic heterocycles. The SMILES string of the molecule is CCNCc1ccc(N(C)CCCN(C)C)nn1. The minimum Gasteiger partial charge on any atom is -0.358 e.